The fourth-order valence-electron chi connectivity index (χ4n) is 2.34. The lowest BCUT2D eigenvalue weighted by molar-refractivity contribution is -0.114. The Morgan fingerprint density at radius 3 is 2.81 bits per heavy atom. The summed E-state index contributed by atoms with van der Waals surface area (Å²) in [6.45, 7) is 1.31. The van der Waals surface area contributed by atoms with Crippen LogP contribution in [0.3, 0.4) is 0 Å². The molecule has 0 fully saturated rings. The number of anilines is 2. The molecule has 10 nitrogen and oxygen atoms in total. The molecule has 0 aliphatic carbocycles. The predicted octanol–water partition coefficient (Wildman–Crippen LogP) is 0.0540. The van der Waals surface area contributed by atoms with Crippen LogP contribution in [0.25, 0.3) is 16.9 Å². The van der Waals surface area contributed by atoms with Gasteiger partial charge in [-0.1, -0.05) is 0 Å². The van der Waals surface area contributed by atoms with E-state index in [-0.39, 0.29) is 30.6 Å². The van der Waals surface area contributed by atoms with E-state index in [1.807, 2.05) is 0 Å². The van der Waals surface area contributed by atoms with Crippen LogP contribution in [0.15, 0.2) is 30.7 Å². The Morgan fingerprint density at radius 1 is 1.27 bits per heavy atom. The number of nitrogen functional groups attached to an aromatic ring is 1. The molecule has 3 heterocycles. The van der Waals surface area contributed by atoms with Gasteiger partial charge in [0.05, 0.1) is 24.7 Å². The first-order valence-electron chi connectivity index (χ1n) is 7.76. The Balaban J connectivity index is 1.95. The van der Waals surface area contributed by atoms with Crippen LogP contribution in [0.2, 0.25) is 0 Å². The lowest BCUT2D eigenvalue weighted by atomic mass is 10.2. The van der Waals surface area contributed by atoms with Gasteiger partial charge in [0.15, 0.2) is 17.3 Å². The van der Waals surface area contributed by atoms with E-state index in [9.17, 15) is 9.59 Å². The number of amides is 2. The summed E-state index contributed by atoms with van der Waals surface area (Å²) in [6.07, 6.45) is 4.88. The number of pyridine rings is 1. The molecule has 10 heteroatoms. The van der Waals surface area contributed by atoms with Crippen molar-refractivity contribution < 1.29 is 14.7 Å². The van der Waals surface area contributed by atoms with E-state index >= 15 is 0 Å². The first kappa shape index (κ1) is 17.3. The lowest BCUT2D eigenvalue weighted by Crippen LogP contribution is -2.28. The zero-order valence-corrected chi connectivity index (χ0v) is 13.9. The molecule has 0 spiro atoms. The monoisotopic (exact) mass is 355 g/mol. The maximum atomic E-state index is 12.1. The summed E-state index contributed by atoms with van der Waals surface area (Å²) < 4.78 is 1.73. The number of aromatic nitrogens is 4. The van der Waals surface area contributed by atoms with Crippen LogP contribution in [-0.2, 0) is 4.79 Å². The second kappa shape index (κ2) is 7.15. The number of nitrogens with two attached hydrogens (primary N) is 1. The number of nitrogens with one attached hydrogen (secondary N) is 2. The minimum atomic E-state index is -0.512. The van der Waals surface area contributed by atoms with Crippen molar-refractivity contribution in [2.24, 2.45) is 0 Å². The Bertz CT molecular complexity index is 983. The maximum Gasteiger partial charge on any atom is 0.273 e. The molecule has 0 atom stereocenters. The summed E-state index contributed by atoms with van der Waals surface area (Å²) in [5.74, 6) is -0.290. The molecule has 3 rings (SSSR count). The molecular weight excluding hydrogens is 338 g/mol. The molecule has 0 aliphatic rings. The Hall–Kier alpha value is -3.53. The van der Waals surface area contributed by atoms with E-state index in [2.05, 4.69) is 25.6 Å². The van der Waals surface area contributed by atoms with E-state index in [1.54, 1.807) is 28.9 Å². The number of aliphatic hydroxyl groups is 1. The molecule has 3 aromatic rings. The molecule has 0 unspecified atom stereocenters. The summed E-state index contributed by atoms with van der Waals surface area (Å²) in [4.78, 5) is 35.8. The third-order valence-electron chi connectivity index (χ3n) is 3.46. The highest BCUT2D eigenvalue weighted by Gasteiger charge is 2.14. The van der Waals surface area contributed by atoms with Crippen LogP contribution in [0.5, 0.6) is 0 Å². The number of nitrogens with zero attached hydrogens (tertiary/aromatic N) is 4. The largest absolute Gasteiger partial charge is 0.395 e. The molecule has 5 N–H and O–H groups in total. The number of hydrogen-bond donors (Lipinski definition) is 4. The van der Waals surface area contributed by atoms with Gasteiger partial charge in [0.2, 0.25) is 5.91 Å². The van der Waals surface area contributed by atoms with Crippen LogP contribution in [-0.4, -0.2) is 49.4 Å². The first-order chi connectivity index (χ1) is 12.5. The highest BCUT2D eigenvalue weighted by atomic mass is 16.3. The van der Waals surface area contributed by atoms with Gasteiger partial charge in [0.25, 0.3) is 5.91 Å². The summed E-state index contributed by atoms with van der Waals surface area (Å²) in [5, 5.41) is 13.9. The Labute approximate surface area is 148 Å². The molecule has 0 saturated heterocycles. The second-order valence-corrected chi connectivity index (χ2v) is 5.46. The standard InChI is InChI=1S/C16H17N7O3/c1-9(25)20-12-8-23-7-10(2-3-13(23)22-12)11-6-19-15(17)14(21-11)16(26)18-4-5-24/h2-3,6-8,24H,4-5H2,1H3,(H2,17,19)(H,18,26)(H,20,25). The van der Waals surface area contributed by atoms with Gasteiger partial charge in [0, 0.05) is 25.2 Å². The van der Waals surface area contributed by atoms with Gasteiger partial charge in [-0.2, -0.15) is 0 Å². The third kappa shape index (κ3) is 3.59. The number of rotatable bonds is 5. The normalized spacial score (nSPS) is 10.7. The van der Waals surface area contributed by atoms with Gasteiger partial charge in [-0.3, -0.25) is 9.59 Å². The minimum Gasteiger partial charge on any atom is -0.395 e. The number of imidazole rings is 1. The SMILES string of the molecule is CC(=O)Nc1cn2cc(-c3cnc(N)c(C(=O)NCCO)n3)ccc2n1. The van der Waals surface area contributed by atoms with Crippen molar-refractivity contribution in [1.82, 2.24) is 24.7 Å². The number of aliphatic hydroxyl groups excluding tert-OH is 1. The molecule has 0 saturated carbocycles. The van der Waals surface area contributed by atoms with Gasteiger partial charge >= 0.3 is 0 Å². The van der Waals surface area contributed by atoms with E-state index in [4.69, 9.17) is 10.8 Å². The smallest absolute Gasteiger partial charge is 0.273 e. The van der Waals surface area contributed by atoms with Crippen molar-refractivity contribution in [3.8, 4) is 11.3 Å². The van der Waals surface area contributed by atoms with Crippen molar-refractivity contribution in [2.45, 2.75) is 6.92 Å². The summed E-state index contributed by atoms with van der Waals surface area (Å²) >= 11 is 0. The average molecular weight is 355 g/mol. The zero-order chi connectivity index (χ0) is 18.7. The summed E-state index contributed by atoms with van der Waals surface area (Å²) in [7, 11) is 0. The van der Waals surface area contributed by atoms with Crippen LogP contribution in [0, 0.1) is 0 Å². The Kier molecular flexibility index (Phi) is 4.76. The van der Waals surface area contributed by atoms with E-state index in [1.165, 1.54) is 13.1 Å². The third-order valence-corrected chi connectivity index (χ3v) is 3.46. The second-order valence-electron chi connectivity index (χ2n) is 5.46. The minimum absolute atomic E-state index is 0.000781. The molecule has 0 aromatic carbocycles. The topological polar surface area (TPSA) is 148 Å². The van der Waals surface area contributed by atoms with Crippen molar-refractivity contribution in [2.75, 3.05) is 24.2 Å². The van der Waals surface area contributed by atoms with Crippen molar-refractivity contribution >= 4 is 29.1 Å². The molecule has 2 amide bonds. The molecule has 0 radical (unpaired) electrons. The lowest BCUT2D eigenvalue weighted by Gasteiger charge is -2.07. The van der Waals surface area contributed by atoms with E-state index in [0.29, 0.717) is 22.7 Å². The molecular formula is C16H17N7O3. The number of carbonyl (C=O) groups excluding carboxylic acids is 2. The molecule has 3 aromatic heterocycles. The molecule has 26 heavy (non-hydrogen) atoms. The number of fused-ring (bicyclic) bond motifs is 1. The Morgan fingerprint density at radius 2 is 2.08 bits per heavy atom. The van der Waals surface area contributed by atoms with Crippen molar-refractivity contribution in [3.05, 3.63) is 36.4 Å². The van der Waals surface area contributed by atoms with Gasteiger partial charge < -0.3 is 25.9 Å². The fourth-order valence-corrected chi connectivity index (χ4v) is 2.34. The quantitative estimate of drug-likeness (QED) is 0.505. The fraction of sp³-hybridized carbons (Fsp3) is 0.188. The molecule has 134 valence electrons. The van der Waals surface area contributed by atoms with Gasteiger partial charge in [-0.15, -0.1) is 0 Å². The average Bonchev–Trinajstić information content (AvgIpc) is 3.00. The molecule has 0 aliphatic heterocycles. The summed E-state index contributed by atoms with van der Waals surface area (Å²) in [5.41, 5.74) is 7.49. The predicted molar refractivity (Wildman–Crippen MR) is 94.4 cm³/mol. The highest BCUT2D eigenvalue weighted by molar-refractivity contribution is 5.96. The molecule has 0 bridgehead atoms. The van der Waals surface area contributed by atoms with E-state index < -0.39 is 5.91 Å². The van der Waals surface area contributed by atoms with Crippen LogP contribution < -0.4 is 16.4 Å². The van der Waals surface area contributed by atoms with Gasteiger partial charge in [-0.25, -0.2) is 15.0 Å². The zero-order valence-electron chi connectivity index (χ0n) is 13.9. The van der Waals surface area contributed by atoms with Gasteiger partial charge in [-0.05, 0) is 12.1 Å². The maximum absolute atomic E-state index is 12.1. The van der Waals surface area contributed by atoms with Crippen molar-refractivity contribution in [3.63, 3.8) is 0 Å². The first-order valence-corrected chi connectivity index (χ1v) is 7.76. The van der Waals surface area contributed by atoms with Crippen LogP contribution in [0.1, 0.15) is 17.4 Å². The summed E-state index contributed by atoms with van der Waals surface area (Å²) in [6, 6.07) is 3.53. The van der Waals surface area contributed by atoms with Gasteiger partial charge in [0.1, 0.15) is 5.65 Å². The highest BCUT2D eigenvalue weighted by Crippen LogP contribution is 2.20. The van der Waals surface area contributed by atoms with E-state index in [0.717, 1.165) is 0 Å². The number of hydrogen-bond acceptors (Lipinski definition) is 7. The van der Waals surface area contributed by atoms with Crippen LogP contribution in [0.4, 0.5) is 11.6 Å². The number of carbonyl (C=O) groups is 2. The van der Waals surface area contributed by atoms with Crippen molar-refractivity contribution in [1.29, 1.82) is 0 Å². The van der Waals surface area contributed by atoms with Crippen LogP contribution >= 0.6 is 0 Å².